The van der Waals surface area contributed by atoms with Crippen LogP contribution in [0.15, 0.2) is 24.3 Å². The summed E-state index contributed by atoms with van der Waals surface area (Å²) in [7, 11) is 3.31. The second kappa shape index (κ2) is 6.35. The predicted molar refractivity (Wildman–Crippen MR) is 65.0 cm³/mol. The van der Waals surface area contributed by atoms with Crippen LogP contribution in [0.2, 0.25) is 5.02 Å². The van der Waals surface area contributed by atoms with E-state index in [1.807, 2.05) is 0 Å². The van der Waals surface area contributed by atoms with Crippen molar-refractivity contribution in [3.8, 4) is 0 Å². The third kappa shape index (κ3) is 4.08. The molecular weight excluding hydrogens is 228 g/mol. The van der Waals surface area contributed by atoms with E-state index in [9.17, 15) is 4.79 Å². The molecule has 0 atom stereocenters. The van der Waals surface area contributed by atoms with E-state index in [-0.39, 0.29) is 6.03 Å². The Morgan fingerprint density at radius 3 is 2.94 bits per heavy atom. The highest BCUT2D eigenvalue weighted by Crippen LogP contribution is 2.15. The summed E-state index contributed by atoms with van der Waals surface area (Å²) < 4.78 is 4.89. The van der Waals surface area contributed by atoms with Gasteiger partial charge in [-0.15, -0.1) is 0 Å². The molecule has 0 unspecified atom stereocenters. The van der Waals surface area contributed by atoms with E-state index >= 15 is 0 Å². The van der Waals surface area contributed by atoms with Crippen molar-refractivity contribution in [2.75, 3.05) is 32.6 Å². The SMILES string of the molecule is COCCN(C)C(=O)Nc1cccc(Cl)c1. The topological polar surface area (TPSA) is 41.6 Å². The Balaban J connectivity index is 2.50. The fourth-order valence-corrected chi connectivity index (χ4v) is 1.31. The average molecular weight is 243 g/mol. The number of carbonyl (C=O) groups excluding carboxylic acids is 1. The van der Waals surface area contributed by atoms with Crippen LogP contribution in [0.4, 0.5) is 10.5 Å². The maximum atomic E-state index is 11.6. The summed E-state index contributed by atoms with van der Waals surface area (Å²) in [4.78, 5) is 13.2. The van der Waals surface area contributed by atoms with E-state index in [0.29, 0.717) is 23.9 Å². The Hall–Kier alpha value is -1.26. The lowest BCUT2D eigenvalue weighted by molar-refractivity contribution is 0.165. The van der Waals surface area contributed by atoms with Gasteiger partial charge in [0.15, 0.2) is 0 Å². The minimum Gasteiger partial charge on any atom is -0.383 e. The number of halogens is 1. The van der Waals surface area contributed by atoms with E-state index < -0.39 is 0 Å². The highest BCUT2D eigenvalue weighted by Gasteiger charge is 2.07. The number of hydrogen-bond donors (Lipinski definition) is 1. The fourth-order valence-electron chi connectivity index (χ4n) is 1.11. The molecule has 0 saturated heterocycles. The number of hydrogen-bond acceptors (Lipinski definition) is 2. The van der Waals surface area contributed by atoms with Gasteiger partial charge in [0.25, 0.3) is 0 Å². The van der Waals surface area contributed by atoms with Crippen molar-refractivity contribution >= 4 is 23.3 Å². The molecule has 0 heterocycles. The number of methoxy groups -OCH3 is 1. The Morgan fingerprint density at radius 2 is 2.31 bits per heavy atom. The van der Waals surface area contributed by atoms with Gasteiger partial charge in [0.1, 0.15) is 0 Å². The van der Waals surface area contributed by atoms with Gasteiger partial charge in [0.2, 0.25) is 0 Å². The van der Waals surface area contributed by atoms with Crippen LogP contribution in [-0.4, -0.2) is 38.2 Å². The third-order valence-electron chi connectivity index (χ3n) is 2.05. The summed E-state index contributed by atoms with van der Waals surface area (Å²) in [5.41, 5.74) is 0.682. The molecule has 0 aliphatic heterocycles. The van der Waals surface area contributed by atoms with Crippen molar-refractivity contribution < 1.29 is 9.53 Å². The number of nitrogens with one attached hydrogen (secondary N) is 1. The highest BCUT2D eigenvalue weighted by molar-refractivity contribution is 6.30. The monoisotopic (exact) mass is 242 g/mol. The Bertz CT molecular complexity index is 358. The zero-order valence-electron chi connectivity index (χ0n) is 9.37. The highest BCUT2D eigenvalue weighted by atomic mass is 35.5. The summed E-state index contributed by atoms with van der Waals surface area (Å²) in [6.07, 6.45) is 0. The van der Waals surface area contributed by atoms with Crippen LogP contribution < -0.4 is 5.32 Å². The van der Waals surface area contributed by atoms with Crippen molar-refractivity contribution in [1.82, 2.24) is 4.90 Å². The summed E-state index contributed by atoms with van der Waals surface area (Å²) in [6, 6.07) is 6.84. The standard InChI is InChI=1S/C11H15ClN2O2/c1-14(6-7-16-2)11(15)13-10-5-3-4-9(12)8-10/h3-5,8H,6-7H2,1-2H3,(H,13,15). The van der Waals surface area contributed by atoms with Gasteiger partial charge >= 0.3 is 6.03 Å². The van der Waals surface area contributed by atoms with Gasteiger partial charge in [0, 0.05) is 31.4 Å². The second-order valence-corrected chi connectivity index (χ2v) is 3.79. The molecule has 0 aromatic heterocycles. The molecule has 0 aliphatic carbocycles. The van der Waals surface area contributed by atoms with Crippen molar-refractivity contribution in [2.45, 2.75) is 0 Å². The summed E-state index contributed by atoms with van der Waals surface area (Å²) in [5, 5.41) is 3.33. The molecule has 0 saturated carbocycles. The van der Waals surface area contributed by atoms with Crippen molar-refractivity contribution in [3.63, 3.8) is 0 Å². The predicted octanol–water partition coefficient (Wildman–Crippen LogP) is 2.45. The van der Waals surface area contributed by atoms with Gasteiger partial charge < -0.3 is 15.0 Å². The van der Waals surface area contributed by atoms with Gasteiger partial charge in [0.05, 0.1) is 6.61 Å². The molecule has 0 aliphatic rings. The van der Waals surface area contributed by atoms with Crippen LogP contribution in [0.25, 0.3) is 0 Å². The molecule has 0 fully saturated rings. The van der Waals surface area contributed by atoms with Crippen LogP contribution in [0.1, 0.15) is 0 Å². The zero-order chi connectivity index (χ0) is 12.0. The maximum Gasteiger partial charge on any atom is 0.321 e. The van der Waals surface area contributed by atoms with E-state index in [0.717, 1.165) is 0 Å². The maximum absolute atomic E-state index is 11.6. The van der Waals surface area contributed by atoms with Gasteiger partial charge in [-0.3, -0.25) is 0 Å². The molecule has 0 radical (unpaired) electrons. The number of ether oxygens (including phenoxy) is 1. The Kier molecular flexibility index (Phi) is 5.08. The first kappa shape index (κ1) is 12.8. The number of anilines is 1. The first-order valence-electron chi connectivity index (χ1n) is 4.90. The summed E-state index contributed by atoms with van der Waals surface area (Å²) in [5.74, 6) is 0. The number of nitrogens with zero attached hydrogens (tertiary/aromatic N) is 1. The molecule has 1 aromatic rings. The normalized spacial score (nSPS) is 9.94. The summed E-state index contributed by atoms with van der Waals surface area (Å²) >= 11 is 5.81. The first-order chi connectivity index (χ1) is 7.63. The van der Waals surface area contributed by atoms with Crippen molar-refractivity contribution in [1.29, 1.82) is 0 Å². The molecule has 4 nitrogen and oxygen atoms in total. The van der Waals surface area contributed by atoms with Gasteiger partial charge in [-0.05, 0) is 18.2 Å². The summed E-state index contributed by atoms with van der Waals surface area (Å²) in [6.45, 7) is 1.06. The molecule has 16 heavy (non-hydrogen) atoms. The molecule has 1 aromatic carbocycles. The van der Waals surface area contributed by atoms with E-state index in [1.54, 1.807) is 43.3 Å². The lowest BCUT2D eigenvalue weighted by atomic mass is 10.3. The third-order valence-corrected chi connectivity index (χ3v) is 2.29. The number of amides is 2. The lowest BCUT2D eigenvalue weighted by Crippen LogP contribution is -2.33. The largest absolute Gasteiger partial charge is 0.383 e. The van der Waals surface area contributed by atoms with Crippen molar-refractivity contribution in [3.05, 3.63) is 29.3 Å². The molecule has 88 valence electrons. The Labute approximate surface area is 100 Å². The minimum absolute atomic E-state index is 0.181. The van der Waals surface area contributed by atoms with Crippen molar-refractivity contribution in [2.24, 2.45) is 0 Å². The first-order valence-corrected chi connectivity index (χ1v) is 5.28. The number of benzene rings is 1. The van der Waals surface area contributed by atoms with Gasteiger partial charge in [-0.1, -0.05) is 17.7 Å². The van der Waals surface area contributed by atoms with Gasteiger partial charge in [-0.25, -0.2) is 4.79 Å². The van der Waals surface area contributed by atoms with Gasteiger partial charge in [-0.2, -0.15) is 0 Å². The van der Waals surface area contributed by atoms with Crippen LogP contribution in [-0.2, 0) is 4.74 Å². The molecule has 1 N–H and O–H groups in total. The second-order valence-electron chi connectivity index (χ2n) is 3.35. The van der Waals surface area contributed by atoms with E-state index in [4.69, 9.17) is 16.3 Å². The van der Waals surface area contributed by atoms with Crippen LogP contribution in [0.5, 0.6) is 0 Å². The molecule has 1 rings (SSSR count). The number of likely N-dealkylation sites (N-methyl/N-ethyl adjacent to an activating group) is 1. The van der Waals surface area contributed by atoms with Crippen LogP contribution >= 0.6 is 11.6 Å². The number of carbonyl (C=O) groups is 1. The fraction of sp³-hybridized carbons (Fsp3) is 0.364. The van der Waals surface area contributed by atoms with E-state index in [2.05, 4.69) is 5.32 Å². The smallest absolute Gasteiger partial charge is 0.321 e. The molecule has 2 amide bonds. The molecule has 0 spiro atoms. The number of urea groups is 1. The van der Waals surface area contributed by atoms with Crippen LogP contribution in [0, 0.1) is 0 Å². The van der Waals surface area contributed by atoms with E-state index in [1.165, 1.54) is 0 Å². The van der Waals surface area contributed by atoms with Crippen LogP contribution in [0.3, 0.4) is 0 Å². The average Bonchev–Trinajstić information content (AvgIpc) is 2.25. The zero-order valence-corrected chi connectivity index (χ0v) is 10.1. The Morgan fingerprint density at radius 1 is 1.56 bits per heavy atom. The lowest BCUT2D eigenvalue weighted by Gasteiger charge is -2.17. The minimum atomic E-state index is -0.181. The molecular formula is C11H15ClN2O2. The quantitative estimate of drug-likeness (QED) is 0.881. The molecule has 5 heteroatoms. The number of rotatable bonds is 4. The molecule has 0 bridgehead atoms.